The first-order chi connectivity index (χ1) is 11.8. The van der Waals surface area contributed by atoms with Crippen LogP contribution < -0.4 is 5.32 Å². The molecule has 0 bridgehead atoms. The molecule has 0 spiro atoms. The number of ether oxygens (including phenoxy) is 2. The van der Waals surface area contributed by atoms with Gasteiger partial charge in [0.05, 0.1) is 12.7 Å². The highest BCUT2D eigenvalue weighted by atomic mass is 16.6. The Morgan fingerprint density at radius 3 is 3.04 bits per heavy atom. The number of morpholine rings is 1. The third-order valence-corrected chi connectivity index (χ3v) is 4.11. The minimum Gasteiger partial charge on any atom is -0.444 e. The van der Waals surface area contributed by atoms with Crippen LogP contribution in [-0.2, 0) is 9.47 Å². The van der Waals surface area contributed by atoms with Crippen LogP contribution in [0.3, 0.4) is 0 Å². The molecule has 0 aromatic heterocycles. The molecule has 2 N–H and O–H groups in total. The van der Waals surface area contributed by atoms with Gasteiger partial charge in [0.1, 0.15) is 5.60 Å². The monoisotopic (exact) mass is 349 g/mol. The second-order valence-corrected chi connectivity index (χ2v) is 7.60. The molecule has 0 saturated carbocycles. The Balaban J connectivity index is 1.82. The fourth-order valence-corrected chi connectivity index (χ4v) is 2.89. The summed E-state index contributed by atoms with van der Waals surface area (Å²) in [5, 5.41) is 11.0. The SMILES string of the molecule is CC(C)(C)OC(=O)NCC1CN(C/C2=C/C=CCCCC2=N)CCO1. The van der Waals surface area contributed by atoms with E-state index < -0.39 is 11.7 Å². The molecule has 1 amide bonds. The van der Waals surface area contributed by atoms with Crippen molar-refractivity contribution in [1.82, 2.24) is 10.2 Å². The first-order valence-electron chi connectivity index (χ1n) is 9.08. The van der Waals surface area contributed by atoms with E-state index in [0.717, 1.165) is 50.2 Å². The fourth-order valence-electron chi connectivity index (χ4n) is 2.89. The predicted molar refractivity (Wildman–Crippen MR) is 99.2 cm³/mol. The second kappa shape index (κ2) is 9.15. The molecule has 25 heavy (non-hydrogen) atoms. The summed E-state index contributed by atoms with van der Waals surface area (Å²) in [6, 6.07) is 0. The van der Waals surface area contributed by atoms with Crippen LogP contribution in [-0.4, -0.2) is 61.2 Å². The van der Waals surface area contributed by atoms with Gasteiger partial charge in [0.15, 0.2) is 0 Å². The lowest BCUT2D eigenvalue weighted by molar-refractivity contribution is -0.0252. The van der Waals surface area contributed by atoms with Gasteiger partial charge in [-0.15, -0.1) is 0 Å². The van der Waals surface area contributed by atoms with E-state index in [4.69, 9.17) is 14.9 Å². The van der Waals surface area contributed by atoms with Crippen molar-refractivity contribution in [3.8, 4) is 0 Å². The van der Waals surface area contributed by atoms with E-state index in [0.29, 0.717) is 13.2 Å². The average molecular weight is 349 g/mol. The molecule has 0 radical (unpaired) electrons. The van der Waals surface area contributed by atoms with Crippen molar-refractivity contribution in [2.75, 3.05) is 32.8 Å². The lowest BCUT2D eigenvalue weighted by atomic mass is 10.0. The summed E-state index contributed by atoms with van der Waals surface area (Å²) < 4.78 is 11.0. The Labute approximate surface area is 150 Å². The quantitative estimate of drug-likeness (QED) is 0.818. The zero-order valence-corrected chi connectivity index (χ0v) is 15.6. The number of rotatable bonds is 4. The van der Waals surface area contributed by atoms with E-state index in [2.05, 4.69) is 28.4 Å². The highest BCUT2D eigenvalue weighted by Crippen LogP contribution is 2.14. The van der Waals surface area contributed by atoms with Crippen molar-refractivity contribution in [2.45, 2.75) is 51.7 Å². The summed E-state index contributed by atoms with van der Waals surface area (Å²) in [6.45, 7) is 8.95. The molecular weight excluding hydrogens is 318 g/mol. The molecule has 0 aromatic rings. The third-order valence-electron chi connectivity index (χ3n) is 4.11. The van der Waals surface area contributed by atoms with Crippen LogP contribution in [0.1, 0.15) is 40.0 Å². The predicted octanol–water partition coefficient (Wildman–Crippen LogP) is 2.90. The van der Waals surface area contributed by atoms with Gasteiger partial charge in [-0.25, -0.2) is 4.79 Å². The van der Waals surface area contributed by atoms with Crippen LogP contribution >= 0.6 is 0 Å². The third kappa shape index (κ3) is 7.40. The number of amides is 1. The van der Waals surface area contributed by atoms with Crippen LogP contribution in [0.2, 0.25) is 0 Å². The van der Waals surface area contributed by atoms with Crippen LogP contribution in [0, 0.1) is 5.41 Å². The molecule has 1 heterocycles. The molecule has 1 saturated heterocycles. The van der Waals surface area contributed by atoms with Crippen molar-refractivity contribution in [3.63, 3.8) is 0 Å². The lowest BCUT2D eigenvalue weighted by Gasteiger charge is -2.33. The minimum absolute atomic E-state index is 0.0554. The number of hydrogen-bond donors (Lipinski definition) is 2. The maximum Gasteiger partial charge on any atom is 0.407 e. The van der Waals surface area contributed by atoms with Gasteiger partial charge in [0.2, 0.25) is 0 Å². The molecule has 140 valence electrons. The summed E-state index contributed by atoms with van der Waals surface area (Å²) in [5.74, 6) is 0. The molecule has 6 heteroatoms. The van der Waals surface area contributed by atoms with Crippen molar-refractivity contribution < 1.29 is 14.3 Å². The summed E-state index contributed by atoms with van der Waals surface area (Å²) in [4.78, 5) is 14.1. The lowest BCUT2D eigenvalue weighted by Crippen LogP contribution is -2.48. The van der Waals surface area contributed by atoms with Crippen molar-refractivity contribution >= 4 is 11.8 Å². The molecular formula is C19H31N3O3. The molecule has 1 aliphatic heterocycles. The van der Waals surface area contributed by atoms with Crippen LogP contribution in [0.5, 0.6) is 0 Å². The molecule has 1 atom stereocenters. The van der Waals surface area contributed by atoms with Gasteiger partial charge in [-0.05, 0) is 45.6 Å². The van der Waals surface area contributed by atoms with Gasteiger partial charge in [0, 0.05) is 31.9 Å². The van der Waals surface area contributed by atoms with Crippen molar-refractivity contribution in [2.24, 2.45) is 0 Å². The summed E-state index contributed by atoms with van der Waals surface area (Å²) in [7, 11) is 0. The van der Waals surface area contributed by atoms with Gasteiger partial charge < -0.3 is 20.2 Å². The Kier molecular flexibility index (Phi) is 7.20. The standard InChI is InChI=1S/C19H31N3O3/c1-19(2,3)25-18(23)21-12-16-14-22(10-11-24-16)13-15-8-6-4-5-7-9-17(15)20/h4,6,8,16,20H,5,7,9-14H2,1-3H3,(H,21,23)/b6-4?,15-8-,20-17?. The molecule has 1 unspecified atom stereocenters. The highest BCUT2D eigenvalue weighted by molar-refractivity contribution is 5.98. The smallest absolute Gasteiger partial charge is 0.407 e. The summed E-state index contributed by atoms with van der Waals surface area (Å²) >= 11 is 0. The van der Waals surface area contributed by atoms with Gasteiger partial charge in [-0.3, -0.25) is 4.90 Å². The Morgan fingerprint density at radius 2 is 2.28 bits per heavy atom. The Hall–Kier alpha value is -1.66. The molecule has 1 aliphatic carbocycles. The van der Waals surface area contributed by atoms with Crippen molar-refractivity contribution in [3.05, 3.63) is 23.8 Å². The Bertz CT molecular complexity index is 535. The van der Waals surface area contributed by atoms with Gasteiger partial charge in [-0.2, -0.15) is 0 Å². The number of alkyl carbamates (subject to hydrolysis) is 1. The van der Waals surface area contributed by atoms with E-state index in [-0.39, 0.29) is 6.10 Å². The Morgan fingerprint density at radius 1 is 1.48 bits per heavy atom. The molecule has 1 fully saturated rings. The topological polar surface area (TPSA) is 74.7 Å². The van der Waals surface area contributed by atoms with Crippen LogP contribution in [0.15, 0.2) is 23.8 Å². The average Bonchev–Trinajstić information content (AvgIpc) is 2.52. The minimum atomic E-state index is -0.498. The zero-order valence-electron chi connectivity index (χ0n) is 15.6. The van der Waals surface area contributed by atoms with E-state index in [1.165, 1.54) is 0 Å². The summed E-state index contributed by atoms with van der Waals surface area (Å²) in [5.41, 5.74) is 1.32. The number of nitrogens with zero attached hydrogens (tertiary/aromatic N) is 1. The summed E-state index contributed by atoms with van der Waals surface area (Å²) in [6.07, 6.45) is 8.74. The zero-order chi connectivity index (χ0) is 18.3. The number of carbonyl (C=O) groups is 1. The maximum absolute atomic E-state index is 11.8. The van der Waals surface area contributed by atoms with Crippen LogP contribution in [0.25, 0.3) is 0 Å². The number of hydrogen-bond acceptors (Lipinski definition) is 5. The highest BCUT2D eigenvalue weighted by Gasteiger charge is 2.23. The molecule has 0 aromatic carbocycles. The van der Waals surface area contributed by atoms with Gasteiger partial charge in [0.25, 0.3) is 0 Å². The largest absolute Gasteiger partial charge is 0.444 e. The normalized spacial score (nSPS) is 24.8. The second-order valence-electron chi connectivity index (χ2n) is 7.60. The maximum atomic E-state index is 11.8. The van der Waals surface area contributed by atoms with E-state index in [1.807, 2.05) is 20.8 Å². The molecule has 2 aliphatic rings. The van der Waals surface area contributed by atoms with E-state index in [9.17, 15) is 4.79 Å². The molecule has 2 rings (SSSR count). The fraction of sp³-hybridized carbons (Fsp3) is 0.684. The molecule has 6 nitrogen and oxygen atoms in total. The van der Waals surface area contributed by atoms with Crippen LogP contribution in [0.4, 0.5) is 4.79 Å². The van der Waals surface area contributed by atoms with E-state index in [1.54, 1.807) is 0 Å². The number of nitrogens with one attached hydrogen (secondary N) is 2. The van der Waals surface area contributed by atoms with Gasteiger partial charge >= 0.3 is 6.09 Å². The first-order valence-corrected chi connectivity index (χ1v) is 9.08. The van der Waals surface area contributed by atoms with Crippen molar-refractivity contribution in [1.29, 1.82) is 5.41 Å². The number of allylic oxidation sites excluding steroid dienone is 3. The van der Waals surface area contributed by atoms with Gasteiger partial charge in [-0.1, -0.05) is 18.2 Å². The van der Waals surface area contributed by atoms with E-state index >= 15 is 0 Å². The number of carbonyl (C=O) groups excluding carboxylic acids is 1. The first kappa shape index (κ1) is 19.7.